The number of benzene rings is 6. The van der Waals surface area contributed by atoms with Crippen molar-refractivity contribution in [2.75, 3.05) is 0 Å². The van der Waals surface area contributed by atoms with E-state index in [1.807, 2.05) is 0 Å². The second-order valence-corrected chi connectivity index (χ2v) is 41.8. The van der Waals surface area contributed by atoms with Gasteiger partial charge in [0.25, 0.3) is 0 Å². The van der Waals surface area contributed by atoms with E-state index in [1.54, 1.807) is 0 Å². The lowest BCUT2D eigenvalue weighted by atomic mass is 9.64. The van der Waals surface area contributed by atoms with Gasteiger partial charge in [-0.2, -0.15) is 0 Å². The fraction of sp³-hybridized carbons (Fsp3) is 0.472. The molecular formula is C106H126. The van der Waals surface area contributed by atoms with E-state index in [1.165, 1.54) is 66.8 Å². The molecule has 0 aliphatic carbocycles. The van der Waals surface area contributed by atoms with Gasteiger partial charge >= 0.3 is 0 Å². The molecule has 0 aromatic heterocycles. The maximum atomic E-state index is 3.96. The highest BCUT2D eigenvalue weighted by Gasteiger charge is 2.43. The monoisotopic (exact) mass is 1400 g/mol. The molecule has 0 aliphatic heterocycles. The molecule has 6 aromatic rings. The normalized spacial score (nSPS) is 12.5. The lowest BCUT2D eigenvalue weighted by Gasteiger charge is -2.38. The Morgan fingerprint density at radius 3 is 0.274 bits per heavy atom. The van der Waals surface area contributed by atoms with Crippen molar-refractivity contribution in [3.63, 3.8) is 0 Å². The zero-order chi connectivity index (χ0) is 80.3. The summed E-state index contributed by atoms with van der Waals surface area (Å²) in [6.07, 6.45) is 0. The molecule has 0 saturated heterocycles. The summed E-state index contributed by atoms with van der Waals surface area (Å²) in [6, 6.07) is 43.4. The van der Waals surface area contributed by atoms with Crippen LogP contribution in [0.2, 0.25) is 0 Å². The number of hydrogen-bond acceptors (Lipinski definition) is 0. The molecule has 0 heteroatoms. The lowest BCUT2D eigenvalue weighted by molar-refractivity contribution is 0.556. The van der Waals surface area contributed by atoms with Gasteiger partial charge in [-0.1, -0.05) is 370 Å². The molecule has 0 radical (unpaired) electrons. The van der Waals surface area contributed by atoms with Crippen molar-refractivity contribution in [1.82, 2.24) is 0 Å². The van der Waals surface area contributed by atoms with Crippen LogP contribution in [-0.4, -0.2) is 0 Å². The smallest absolute Gasteiger partial charge is 0.0677 e. The predicted molar refractivity (Wildman–Crippen MR) is 461 cm³/mol. The van der Waals surface area contributed by atoms with Gasteiger partial charge in [0, 0.05) is 11.8 Å². The predicted octanol–water partition coefficient (Wildman–Crippen LogP) is 24.7. The second kappa shape index (κ2) is 31.0. The standard InChI is InChI=1S/C106H126/c1-93(2,3)75-57-76(94(4,5)6)64-87(63-75)105(88-65-77(95(7,8)9)58-78(66-88)96(10,11)12,89-67-79(97(13,14)15)59-80(68-89)98(16,17)18)55-53-51-49-47-45-43-41-39-37-38-40-42-44-46-48-50-52-54-56-106(90-69-81(99(19,20)21)60-82(70-90)100(22,23)24,91-71-83(101(25,26)27)61-84(72-91)102(28,29)30)92-73-85(103(31,32)33)62-86(74-92)104(34,35)36/h57-74H,1-36H3. The van der Waals surface area contributed by atoms with Gasteiger partial charge in [-0.3, -0.25) is 0 Å². The molecule has 0 nitrogen and oxygen atoms in total. The average molecular weight is 1400 g/mol. The molecular weight excluding hydrogens is 1270 g/mol. The van der Waals surface area contributed by atoms with Crippen molar-refractivity contribution >= 4 is 0 Å². The summed E-state index contributed by atoms with van der Waals surface area (Å²) in [6.45, 7) is 83.0. The minimum atomic E-state index is -0.968. The van der Waals surface area contributed by atoms with Gasteiger partial charge in [0.1, 0.15) is 10.8 Å². The van der Waals surface area contributed by atoms with Gasteiger partial charge in [-0.25, -0.2) is 0 Å². The van der Waals surface area contributed by atoms with Gasteiger partial charge in [-0.15, -0.1) is 0 Å². The molecule has 0 heterocycles. The van der Waals surface area contributed by atoms with Crippen LogP contribution in [0.25, 0.3) is 0 Å². The first-order chi connectivity index (χ1) is 48.1. The first kappa shape index (κ1) is 85.8. The van der Waals surface area contributed by atoms with Gasteiger partial charge in [-0.05, 0) is 260 Å². The zero-order valence-corrected chi connectivity index (χ0v) is 72.4. The largest absolute Gasteiger partial charge is 0.107 e. The van der Waals surface area contributed by atoms with Gasteiger partial charge < -0.3 is 0 Å². The van der Waals surface area contributed by atoms with Crippen LogP contribution in [0.1, 0.15) is 349 Å². The van der Waals surface area contributed by atoms with E-state index in [9.17, 15) is 0 Å². The average Bonchev–Trinajstić information content (AvgIpc) is 0.729. The molecule has 0 spiro atoms. The van der Waals surface area contributed by atoms with Crippen LogP contribution >= 0.6 is 0 Å². The maximum absolute atomic E-state index is 3.96. The lowest BCUT2D eigenvalue weighted by Crippen LogP contribution is -2.32. The Kier molecular flexibility index (Phi) is 25.1. The molecule has 6 aromatic carbocycles. The minimum absolute atomic E-state index is 0.151. The van der Waals surface area contributed by atoms with Crippen LogP contribution in [0.3, 0.4) is 0 Å². The van der Waals surface area contributed by atoms with Crippen molar-refractivity contribution < 1.29 is 0 Å². The van der Waals surface area contributed by atoms with Crippen LogP contribution in [0.4, 0.5) is 0 Å². The highest BCUT2D eigenvalue weighted by atomic mass is 14.4. The third kappa shape index (κ3) is 21.8. The van der Waals surface area contributed by atoms with Gasteiger partial charge in [0.05, 0.1) is 0 Å². The van der Waals surface area contributed by atoms with E-state index < -0.39 is 10.8 Å². The topological polar surface area (TPSA) is 0 Å². The summed E-state index contributed by atoms with van der Waals surface area (Å²) in [4.78, 5) is 0. The maximum Gasteiger partial charge on any atom is 0.107 e. The first-order valence-electron chi connectivity index (χ1n) is 38.1. The molecule has 550 valence electrons. The Morgan fingerprint density at radius 2 is 0.189 bits per heavy atom. The molecule has 0 fully saturated rings. The highest BCUT2D eigenvalue weighted by molar-refractivity contribution is 5.67. The Bertz CT molecular complexity index is 4130. The van der Waals surface area contributed by atoms with Crippen LogP contribution in [0, 0.1) is 118 Å². The van der Waals surface area contributed by atoms with E-state index in [-0.39, 0.29) is 65.0 Å². The van der Waals surface area contributed by atoms with Crippen LogP contribution in [-0.2, 0) is 75.8 Å². The molecule has 0 saturated carbocycles. The van der Waals surface area contributed by atoms with Crippen LogP contribution in [0.5, 0.6) is 0 Å². The molecule has 6 rings (SSSR count). The summed E-state index contributed by atoms with van der Waals surface area (Å²) in [5.74, 6) is 61.1. The SMILES string of the molecule is CC(C)(C)c1cc(C(C)(C)C)cc(C(C#CC#CC#CC#CC#CC#CC#CC#CC#CC#CC(c2cc(C(C)(C)C)cc(C(C)(C)C)c2)(c2cc(C(C)(C)C)cc(C(C)(C)C)c2)c2cc(C(C)(C)C)cc(C(C)(C)C)c2)(c2cc(C(C)(C)C)cc(C(C)(C)C)c2)c2cc(C(C)(C)C)cc(C(C)(C)C)c2)c1. The summed E-state index contributed by atoms with van der Waals surface area (Å²) in [5.41, 5.74) is 18.0. The van der Waals surface area contributed by atoms with E-state index in [0.717, 1.165) is 33.4 Å². The summed E-state index contributed by atoms with van der Waals surface area (Å²) in [5, 5.41) is 0. The Morgan fingerprint density at radius 1 is 0.113 bits per heavy atom. The molecule has 0 unspecified atom stereocenters. The van der Waals surface area contributed by atoms with Gasteiger partial charge in [0.15, 0.2) is 0 Å². The van der Waals surface area contributed by atoms with Crippen molar-refractivity contribution in [2.45, 2.75) is 325 Å². The molecule has 106 heavy (non-hydrogen) atoms. The molecule has 0 atom stereocenters. The summed E-state index contributed by atoms with van der Waals surface area (Å²) >= 11 is 0. The minimum Gasteiger partial charge on any atom is -0.0677 e. The van der Waals surface area contributed by atoms with E-state index >= 15 is 0 Å². The first-order valence-corrected chi connectivity index (χ1v) is 38.1. The quantitative estimate of drug-likeness (QED) is 0.115. The van der Waals surface area contributed by atoms with Crippen molar-refractivity contribution in [3.8, 4) is 118 Å². The molecule has 0 amide bonds. The second-order valence-electron chi connectivity index (χ2n) is 41.8. The molecule has 0 aliphatic rings. The number of rotatable bonds is 6. The summed E-state index contributed by atoms with van der Waals surface area (Å²) < 4.78 is 0. The Labute approximate surface area is 648 Å². The fourth-order valence-corrected chi connectivity index (χ4v) is 12.4. The fourth-order valence-electron chi connectivity index (χ4n) is 12.4. The van der Waals surface area contributed by atoms with Crippen LogP contribution in [0.15, 0.2) is 109 Å². The Hall–Kier alpha value is -9.08. The van der Waals surface area contributed by atoms with E-state index in [2.05, 4.69) is 477 Å². The zero-order valence-electron chi connectivity index (χ0n) is 72.4. The van der Waals surface area contributed by atoms with Crippen molar-refractivity contribution in [2.24, 2.45) is 0 Å². The third-order valence-corrected chi connectivity index (χ3v) is 20.2. The molecule has 0 N–H and O–H groups in total. The van der Waals surface area contributed by atoms with E-state index in [4.69, 9.17) is 0 Å². The van der Waals surface area contributed by atoms with Crippen LogP contribution < -0.4 is 0 Å². The van der Waals surface area contributed by atoms with Crippen molar-refractivity contribution in [1.29, 1.82) is 0 Å². The number of hydrogen-bond donors (Lipinski definition) is 0. The molecule has 0 bridgehead atoms. The third-order valence-electron chi connectivity index (χ3n) is 20.2. The Balaban J connectivity index is 1.48. The van der Waals surface area contributed by atoms with Gasteiger partial charge in [0.2, 0.25) is 0 Å². The summed E-state index contributed by atoms with van der Waals surface area (Å²) in [7, 11) is 0. The van der Waals surface area contributed by atoms with E-state index in [0.29, 0.717) is 0 Å². The highest BCUT2D eigenvalue weighted by Crippen LogP contribution is 2.50. The van der Waals surface area contributed by atoms with Crippen molar-refractivity contribution in [3.05, 3.63) is 209 Å².